The Labute approximate surface area is 82.0 Å². The van der Waals surface area contributed by atoms with Gasteiger partial charge >= 0.3 is 0 Å². The van der Waals surface area contributed by atoms with Crippen molar-refractivity contribution in [2.45, 2.75) is 13.0 Å². The molecule has 0 spiro atoms. The first-order valence-corrected chi connectivity index (χ1v) is 3.47. The molecule has 0 aliphatic heterocycles. The Morgan fingerprint density at radius 1 is 1.33 bits per heavy atom. The van der Waals surface area contributed by atoms with Gasteiger partial charge in [-0.15, -0.1) is 0 Å². The molecule has 1 amide bonds. The van der Waals surface area contributed by atoms with E-state index in [9.17, 15) is 4.79 Å². The van der Waals surface area contributed by atoms with Gasteiger partial charge in [0.1, 0.15) is 0 Å². The van der Waals surface area contributed by atoms with Crippen LogP contribution < -0.4 is 27.3 Å². The van der Waals surface area contributed by atoms with Crippen molar-refractivity contribution in [1.82, 2.24) is 0 Å². The number of aromatic nitrogens is 1. The van der Waals surface area contributed by atoms with Gasteiger partial charge in [0.05, 0.1) is 0 Å². The second kappa shape index (κ2) is 4.87. The van der Waals surface area contributed by atoms with Crippen LogP contribution in [0.4, 0.5) is 0 Å². The quantitative estimate of drug-likeness (QED) is 0.543. The lowest BCUT2D eigenvalue weighted by atomic mass is 10.3. The van der Waals surface area contributed by atoms with Crippen LogP contribution in [0.25, 0.3) is 0 Å². The molecule has 0 bridgehead atoms. The molecule has 0 saturated heterocycles. The summed E-state index contributed by atoms with van der Waals surface area (Å²) < 4.78 is 1.77. The van der Waals surface area contributed by atoms with Crippen LogP contribution in [0.1, 0.15) is 13.0 Å². The molecule has 1 aromatic rings. The lowest BCUT2D eigenvalue weighted by molar-refractivity contribution is -0.705. The molecular weight excluding hydrogens is 220 g/mol. The molecule has 0 aliphatic carbocycles. The Bertz CT molecular complexity index is 250. The first-order valence-electron chi connectivity index (χ1n) is 3.47. The maximum Gasteiger partial charge on any atom is 0.286 e. The topological polar surface area (TPSA) is 47.0 Å². The lowest BCUT2D eigenvalue weighted by Crippen LogP contribution is -3.00. The van der Waals surface area contributed by atoms with Crippen LogP contribution in [0.2, 0.25) is 0 Å². The Balaban J connectivity index is 0.00000121. The molecule has 0 radical (unpaired) electrons. The molecule has 0 saturated carbocycles. The van der Waals surface area contributed by atoms with Gasteiger partial charge in [0.15, 0.2) is 12.4 Å². The molecule has 2 N–H and O–H groups in total. The fourth-order valence-electron chi connectivity index (χ4n) is 0.817. The van der Waals surface area contributed by atoms with E-state index in [1.165, 1.54) is 0 Å². The summed E-state index contributed by atoms with van der Waals surface area (Å²) in [5.41, 5.74) is 5.11. The number of rotatable bonds is 2. The maximum absolute atomic E-state index is 10.7. The van der Waals surface area contributed by atoms with Crippen molar-refractivity contribution in [3.8, 4) is 0 Å². The highest BCUT2D eigenvalue weighted by Crippen LogP contribution is 1.90. The standard InChI is InChI=1S/C8H10N2O.BrH/c1-7(8(9)11)10-5-3-2-4-6-10;/h2-7H,1H3,(H-,9,11);1H. The van der Waals surface area contributed by atoms with Crippen LogP contribution in [0.15, 0.2) is 30.6 Å². The lowest BCUT2D eigenvalue weighted by Gasteiger charge is -1.99. The van der Waals surface area contributed by atoms with Gasteiger partial charge in [-0.1, -0.05) is 6.07 Å². The van der Waals surface area contributed by atoms with Crippen LogP contribution in [0.5, 0.6) is 0 Å². The predicted molar refractivity (Wildman–Crippen MR) is 40.5 cm³/mol. The SMILES string of the molecule is CC(C(N)=O)[n+]1ccccc1.[Br-]. The number of halogens is 1. The first-order chi connectivity index (χ1) is 5.22. The number of nitrogens with zero attached hydrogens (tertiary/aromatic N) is 1. The zero-order valence-corrected chi connectivity index (χ0v) is 8.36. The Hall–Kier alpha value is -0.900. The van der Waals surface area contributed by atoms with E-state index in [2.05, 4.69) is 0 Å². The van der Waals surface area contributed by atoms with E-state index in [4.69, 9.17) is 5.73 Å². The summed E-state index contributed by atoms with van der Waals surface area (Å²) in [5.74, 6) is -0.318. The van der Waals surface area contributed by atoms with Gasteiger partial charge in [0, 0.05) is 19.1 Å². The average Bonchev–Trinajstić information content (AvgIpc) is 2.05. The van der Waals surface area contributed by atoms with Gasteiger partial charge in [-0.05, 0) is 0 Å². The molecule has 3 nitrogen and oxygen atoms in total. The smallest absolute Gasteiger partial charge is 0.286 e. The highest BCUT2D eigenvalue weighted by Gasteiger charge is 2.16. The van der Waals surface area contributed by atoms with Gasteiger partial charge in [0.25, 0.3) is 5.91 Å². The van der Waals surface area contributed by atoms with Gasteiger partial charge in [-0.2, -0.15) is 4.57 Å². The largest absolute Gasteiger partial charge is 1.00 e. The molecule has 1 atom stereocenters. The van der Waals surface area contributed by atoms with E-state index in [-0.39, 0.29) is 28.9 Å². The summed E-state index contributed by atoms with van der Waals surface area (Å²) in [6.07, 6.45) is 3.63. The summed E-state index contributed by atoms with van der Waals surface area (Å²) in [5, 5.41) is 0. The summed E-state index contributed by atoms with van der Waals surface area (Å²) >= 11 is 0. The summed E-state index contributed by atoms with van der Waals surface area (Å²) in [7, 11) is 0. The summed E-state index contributed by atoms with van der Waals surface area (Å²) in [6, 6.07) is 5.35. The van der Waals surface area contributed by atoms with Crippen LogP contribution in [0, 0.1) is 0 Å². The van der Waals surface area contributed by atoms with Crippen LogP contribution in [-0.2, 0) is 4.79 Å². The Kier molecular flexibility index (Phi) is 4.51. The fourth-order valence-corrected chi connectivity index (χ4v) is 0.817. The third-order valence-corrected chi connectivity index (χ3v) is 1.60. The van der Waals surface area contributed by atoms with E-state index in [0.29, 0.717) is 0 Å². The maximum atomic E-state index is 10.7. The van der Waals surface area contributed by atoms with Gasteiger partial charge in [-0.25, -0.2) is 0 Å². The summed E-state index contributed by atoms with van der Waals surface area (Å²) in [6.45, 7) is 1.77. The monoisotopic (exact) mass is 230 g/mol. The van der Waals surface area contributed by atoms with Crippen molar-refractivity contribution in [1.29, 1.82) is 0 Å². The molecule has 1 unspecified atom stereocenters. The van der Waals surface area contributed by atoms with E-state index < -0.39 is 0 Å². The Morgan fingerprint density at radius 3 is 2.25 bits per heavy atom. The minimum atomic E-state index is -0.318. The fraction of sp³-hybridized carbons (Fsp3) is 0.250. The van der Waals surface area contributed by atoms with Crippen molar-refractivity contribution in [3.05, 3.63) is 30.6 Å². The molecule has 12 heavy (non-hydrogen) atoms. The molecule has 1 heterocycles. The van der Waals surface area contributed by atoms with Crippen molar-refractivity contribution < 1.29 is 26.3 Å². The number of carbonyl (C=O) groups is 1. The zero-order valence-electron chi connectivity index (χ0n) is 6.77. The molecule has 66 valence electrons. The predicted octanol–water partition coefficient (Wildman–Crippen LogP) is -2.98. The average molecular weight is 231 g/mol. The molecular formula is C8H11BrN2O. The van der Waals surface area contributed by atoms with E-state index in [1.54, 1.807) is 11.5 Å². The van der Waals surface area contributed by atoms with Gasteiger partial charge < -0.3 is 22.7 Å². The van der Waals surface area contributed by atoms with Crippen molar-refractivity contribution >= 4 is 5.91 Å². The van der Waals surface area contributed by atoms with E-state index >= 15 is 0 Å². The number of primary amides is 1. The van der Waals surface area contributed by atoms with Crippen molar-refractivity contribution in [3.63, 3.8) is 0 Å². The minimum Gasteiger partial charge on any atom is -1.00 e. The number of nitrogens with two attached hydrogens (primary N) is 1. The molecule has 1 rings (SSSR count). The molecule has 1 aromatic heterocycles. The molecule has 0 aliphatic rings. The van der Waals surface area contributed by atoms with Crippen LogP contribution >= 0.6 is 0 Å². The van der Waals surface area contributed by atoms with Gasteiger partial charge in [-0.3, -0.25) is 4.79 Å². The second-order valence-electron chi connectivity index (χ2n) is 2.40. The number of hydrogen-bond donors (Lipinski definition) is 1. The normalized spacial score (nSPS) is 11.4. The highest BCUT2D eigenvalue weighted by atomic mass is 79.9. The highest BCUT2D eigenvalue weighted by molar-refractivity contribution is 5.76. The Morgan fingerprint density at radius 2 is 1.83 bits per heavy atom. The van der Waals surface area contributed by atoms with E-state index in [1.807, 2.05) is 30.6 Å². The molecule has 4 heteroatoms. The number of amides is 1. The number of hydrogen-bond acceptors (Lipinski definition) is 1. The number of pyridine rings is 1. The van der Waals surface area contributed by atoms with Crippen molar-refractivity contribution in [2.75, 3.05) is 0 Å². The van der Waals surface area contributed by atoms with Gasteiger partial charge in [0.2, 0.25) is 6.04 Å². The van der Waals surface area contributed by atoms with Crippen molar-refractivity contribution in [2.24, 2.45) is 5.73 Å². The molecule has 0 fully saturated rings. The van der Waals surface area contributed by atoms with Crippen LogP contribution in [-0.4, -0.2) is 5.91 Å². The zero-order chi connectivity index (χ0) is 8.27. The number of carbonyl (C=O) groups excluding carboxylic acids is 1. The van der Waals surface area contributed by atoms with Crippen LogP contribution in [0.3, 0.4) is 0 Å². The minimum absolute atomic E-state index is 0. The van der Waals surface area contributed by atoms with E-state index in [0.717, 1.165) is 0 Å². The second-order valence-corrected chi connectivity index (χ2v) is 2.40. The first kappa shape index (κ1) is 11.1. The molecule has 0 aromatic carbocycles. The third kappa shape index (κ3) is 2.62. The summed E-state index contributed by atoms with van der Waals surface area (Å²) in [4.78, 5) is 10.7. The third-order valence-electron chi connectivity index (χ3n) is 1.60.